The maximum Gasteiger partial charge on any atom is 0.326 e. The Kier molecular flexibility index (Phi) is 7.61. The molecule has 0 atom stereocenters. The number of benzene rings is 2. The van der Waals surface area contributed by atoms with Gasteiger partial charge in [0.05, 0.1) is 7.11 Å². The Hall–Kier alpha value is -3.52. The topological polar surface area (TPSA) is 90.0 Å². The number of esters is 1. The van der Waals surface area contributed by atoms with Crippen molar-refractivity contribution in [2.45, 2.75) is 44.4 Å². The average molecular weight is 578 g/mol. The van der Waals surface area contributed by atoms with Crippen molar-refractivity contribution >= 4 is 39.2 Å². The largest absolute Gasteiger partial charge is 0.497 e. The lowest BCUT2D eigenvalue weighted by atomic mass is 9.71. The molecule has 0 fully saturated rings. The normalized spacial score (nSPS) is 17.8. The molecule has 0 radical (unpaired) electrons. The van der Waals surface area contributed by atoms with Gasteiger partial charge in [-0.3, -0.25) is 19.2 Å². The molecule has 2 aliphatic carbocycles. The predicted octanol–water partition coefficient (Wildman–Crippen LogP) is 5.30. The van der Waals surface area contributed by atoms with Gasteiger partial charge in [-0.25, -0.2) is 0 Å². The summed E-state index contributed by atoms with van der Waals surface area (Å²) in [6.07, 6.45) is 3.42. The minimum atomic E-state index is -0.576. The molecule has 2 aromatic carbocycles. The van der Waals surface area contributed by atoms with E-state index >= 15 is 0 Å². The number of rotatable bonds is 7. The van der Waals surface area contributed by atoms with Gasteiger partial charge in [0.1, 0.15) is 12.3 Å². The maximum atomic E-state index is 13.3. The van der Waals surface area contributed by atoms with Gasteiger partial charge in [0.15, 0.2) is 24.0 Å². The number of methoxy groups -OCH3 is 1. The van der Waals surface area contributed by atoms with Crippen LogP contribution in [0.3, 0.4) is 0 Å². The third kappa shape index (κ3) is 5.10. The molecule has 0 N–H and O–H groups in total. The second-order valence-electron chi connectivity index (χ2n) is 9.66. The monoisotopic (exact) mass is 577 g/mol. The van der Waals surface area contributed by atoms with Gasteiger partial charge in [-0.05, 0) is 55.5 Å². The number of halogens is 1. The summed E-state index contributed by atoms with van der Waals surface area (Å²) in [5, 5.41) is 0. The smallest absolute Gasteiger partial charge is 0.326 e. The Bertz CT molecular complexity index is 1310. The fraction of sp³-hybridized carbons (Fsp3) is 0.333. The van der Waals surface area contributed by atoms with E-state index in [-0.39, 0.29) is 30.5 Å². The molecule has 5 rings (SSSR count). The van der Waals surface area contributed by atoms with Gasteiger partial charge in [-0.2, -0.15) is 0 Å². The van der Waals surface area contributed by atoms with Gasteiger partial charge in [0.2, 0.25) is 0 Å². The first-order valence-corrected chi connectivity index (χ1v) is 13.5. The summed E-state index contributed by atoms with van der Waals surface area (Å²) >= 11 is 3.34. The van der Waals surface area contributed by atoms with Gasteiger partial charge in [0, 0.05) is 51.3 Å². The Morgan fingerprint density at radius 1 is 0.868 bits per heavy atom. The molecule has 2 aromatic rings. The van der Waals surface area contributed by atoms with E-state index in [1.54, 1.807) is 31.4 Å². The standard InChI is InChI=1S/C30H28BrNO6/c1-37-21-14-10-19(11-15-21)28-29-22(4-2-6-24(29)33)32(23-5-3-7-25(34)30(23)28)16-27(36)38-17-26(35)18-8-12-20(31)13-9-18/h8-15,28H,2-7,16-17H2,1H3. The van der Waals surface area contributed by atoms with Crippen molar-refractivity contribution in [2.75, 3.05) is 20.3 Å². The van der Waals surface area contributed by atoms with Crippen molar-refractivity contribution in [3.63, 3.8) is 0 Å². The molecule has 0 saturated heterocycles. The Morgan fingerprint density at radius 3 is 2.00 bits per heavy atom. The zero-order valence-electron chi connectivity index (χ0n) is 21.1. The lowest BCUT2D eigenvalue weighted by molar-refractivity contribution is -0.143. The van der Waals surface area contributed by atoms with Crippen LogP contribution in [0.25, 0.3) is 0 Å². The quantitative estimate of drug-likeness (QED) is 0.326. The molecular formula is C30H28BrNO6. The van der Waals surface area contributed by atoms with Crippen molar-refractivity contribution in [1.82, 2.24) is 4.90 Å². The minimum Gasteiger partial charge on any atom is -0.497 e. The van der Waals surface area contributed by atoms with E-state index in [0.29, 0.717) is 61.0 Å². The van der Waals surface area contributed by atoms with Crippen LogP contribution >= 0.6 is 15.9 Å². The summed E-state index contributed by atoms with van der Waals surface area (Å²) in [5.41, 5.74) is 4.06. The fourth-order valence-corrected chi connectivity index (χ4v) is 5.84. The third-order valence-electron chi connectivity index (χ3n) is 7.35. The summed E-state index contributed by atoms with van der Waals surface area (Å²) in [5.74, 6) is -0.642. The molecule has 0 spiro atoms. The number of Topliss-reactive ketones (excluding diaryl/α,β-unsaturated/α-hetero) is 3. The first-order valence-electron chi connectivity index (χ1n) is 12.8. The second kappa shape index (κ2) is 11.1. The lowest BCUT2D eigenvalue weighted by Crippen LogP contribution is -2.41. The Labute approximate surface area is 229 Å². The summed E-state index contributed by atoms with van der Waals surface area (Å²) < 4.78 is 11.5. The van der Waals surface area contributed by atoms with Crippen LogP contribution < -0.4 is 4.74 Å². The highest BCUT2D eigenvalue weighted by molar-refractivity contribution is 9.10. The van der Waals surface area contributed by atoms with E-state index < -0.39 is 11.9 Å². The zero-order valence-corrected chi connectivity index (χ0v) is 22.7. The highest BCUT2D eigenvalue weighted by Crippen LogP contribution is 2.49. The number of hydrogen-bond donors (Lipinski definition) is 0. The van der Waals surface area contributed by atoms with Crippen LogP contribution in [0.4, 0.5) is 0 Å². The van der Waals surface area contributed by atoms with Gasteiger partial charge in [-0.15, -0.1) is 0 Å². The maximum absolute atomic E-state index is 13.3. The van der Waals surface area contributed by atoms with Crippen molar-refractivity contribution in [2.24, 2.45) is 0 Å². The summed E-state index contributed by atoms with van der Waals surface area (Å²) in [4.78, 5) is 54.0. The summed E-state index contributed by atoms with van der Waals surface area (Å²) in [6, 6.07) is 14.3. The van der Waals surface area contributed by atoms with Crippen LogP contribution in [0.5, 0.6) is 5.75 Å². The Morgan fingerprint density at radius 2 is 1.45 bits per heavy atom. The average Bonchev–Trinajstić information content (AvgIpc) is 2.93. The molecule has 7 nitrogen and oxygen atoms in total. The van der Waals surface area contributed by atoms with Gasteiger partial charge < -0.3 is 14.4 Å². The van der Waals surface area contributed by atoms with Crippen LogP contribution in [0.1, 0.15) is 60.4 Å². The lowest BCUT2D eigenvalue weighted by Gasteiger charge is -2.43. The van der Waals surface area contributed by atoms with E-state index in [9.17, 15) is 19.2 Å². The van der Waals surface area contributed by atoms with E-state index in [1.165, 1.54) is 0 Å². The van der Waals surface area contributed by atoms with Crippen molar-refractivity contribution < 1.29 is 28.7 Å². The van der Waals surface area contributed by atoms with Crippen LogP contribution in [0.15, 0.2) is 75.5 Å². The first kappa shape index (κ1) is 26.1. The number of ether oxygens (including phenoxy) is 2. The van der Waals surface area contributed by atoms with E-state index in [4.69, 9.17) is 9.47 Å². The molecule has 0 bridgehead atoms. The van der Waals surface area contributed by atoms with Crippen LogP contribution in [-0.2, 0) is 19.1 Å². The summed E-state index contributed by atoms with van der Waals surface area (Å²) in [6.45, 7) is -0.528. The third-order valence-corrected chi connectivity index (χ3v) is 7.88. The number of allylic oxidation sites excluding steroid dienone is 4. The fourth-order valence-electron chi connectivity index (χ4n) is 5.58. The van der Waals surface area contributed by atoms with Gasteiger partial charge in [-0.1, -0.05) is 40.2 Å². The predicted molar refractivity (Wildman–Crippen MR) is 144 cm³/mol. The zero-order chi connectivity index (χ0) is 26.8. The molecule has 0 unspecified atom stereocenters. The van der Waals surface area contributed by atoms with Crippen molar-refractivity contribution in [3.8, 4) is 5.75 Å². The molecule has 0 aromatic heterocycles. The van der Waals surface area contributed by atoms with Gasteiger partial charge in [0.25, 0.3) is 0 Å². The van der Waals surface area contributed by atoms with Gasteiger partial charge >= 0.3 is 5.97 Å². The van der Waals surface area contributed by atoms with Crippen molar-refractivity contribution in [3.05, 3.63) is 86.7 Å². The molecule has 196 valence electrons. The van der Waals surface area contributed by atoms with Crippen LogP contribution in [0.2, 0.25) is 0 Å². The molecule has 1 heterocycles. The molecule has 0 amide bonds. The second-order valence-corrected chi connectivity index (χ2v) is 10.6. The number of hydrogen-bond acceptors (Lipinski definition) is 7. The minimum absolute atomic E-state index is 0.000718. The molecule has 1 aliphatic heterocycles. The highest BCUT2D eigenvalue weighted by atomic mass is 79.9. The number of carbonyl (C=O) groups is 4. The molecule has 0 saturated carbocycles. The number of nitrogens with zero attached hydrogens (tertiary/aromatic N) is 1. The molecule has 38 heavy (non-hydrogen) atoms. The van der Waals surface area contributed by atoms with E-state index in [0.717, 1.165) is 21.4 Å². The van der Waals surface area contributed by atoms with Crippen molar-refractivity contribution in [1.29, 1.82) is 0 Å². The van der Waals surface area contributed by atoms with Crippen LogP contribution in [-0.4, -0.2) is 48.5 Å². The SMILES string of the molecule is COc1ccc(C2C3=C(CCCC3=O)N(CC(=O)OCC(=O)c3ccc(Br)cc3)C3=C2C(=O)CCC3)cc1. The number of carbonyl (C=O) groups excluding carboxylic acids is 4. The molecule has 8 heteroatoms. The van der Waals surface area contributed by atoms with E-state index in [1.807, 2.05) is 29.2 Å². The van der Waals surface area contributed by atoms with Crippen LogP contribution in [0, 0.1) is 0 Å². The highest BCUT2D eigenvalue weighted by Gasteiger charge is 2.43. The molecular weight excluding hydrogens is 550 g/mol. The molecule has 3 aliphatic rings. The first-order chi connectivity index (χ1) is 18.4. The Balaban J connectivity index is 1.45. The van der Waals surface area contributed by atoms with E-state index in [2.05, 4.69) is 15.9 Å². The summed E-state index contributed by atoms with van der Waals surface area (Å²) in [7, 11) is 1.59. The number of ketones is 3.